The number of hydrogen-bond acceptors (Lipinski definition) is 3. The second-order valence-corrected chi connectivity index (χ2v) is 3.56. The fraction of sp³-hybridized carbons (Fsp3) is 0. The van der Waals surface area contributed by atoms with Crippen LogP contribution in [0.5, 0.6) is 0 Å². The normalized spacial score (nSPS) is 11.0. The predicted molar refractivity (Wildman–Crippen MR) is 59.8 cm³/mol. The van der Waals surface area contributed by atoms with E-state index >= 15 is 0 Å². The van der Waals surface area contributed by atoms with Crippen molar-refractivity contribution in [3.63, 3.8) is 0 Å². The van der Waals surface area contributed by atoms with Crippen LogP contribution in [0, 0.1) is 0 Å². The summed E-state index contributed by atoms with van der Waals surface area (Å²) in [6.07, 6.45) is 3.20. The lowest BCUT2D eigenvalue weighted by Crippen LogP contribution is -1.87. The van der Waals surface area contributed by atoms with Crippen LogP contribution in [0.1, 0.15) is 0 Å². The average Bonchev–Trinajstić information content (AvgIpc) is 2.29. The van der Waals surface area contributed by atoms with E-state index in [4.69, 9.17) is 11.6 Å². The van der Waals surface area contributed by atoms with Gasteiger partial charge in [-0.3, -0.25) is 4.98 Å². The second-order valence-electron chi connectivity index (χ2n) is 3.20. The van der Waals surface area contributed by atoms with Gasteiger partial charge in [0.25, 0.3) is 0 Å². The first-order valence-electron chi connectivity index (χ1n) is 4.50. The fourth-order valence-electron chi connectivity index (χ4n) is 1.63. The van der Waals surface area contributed by atoms with Crippen LogP contribution < -0.4 is 0 Å². The van der Waals surface area contributed by atoms with Crippen LogP contribution in [0.3, 0.4) is 0 Å². The van der Waals surface area contributed by atoms with Crippen molar-refractivity contribution < 1.29 is 0 Å². The first-order valence-corrected chi connectivity index (χ1v) is 4.88. The van der Waals surface area contributed by atoms with Crippen LogP contribution in [0.4, 0.5) is 0 Å². The Balaban J connectivity index is 2.60. The smallest absolute Gasteiger partial charge is 0.140 e. The molecule has 0 fully saturated rings. The highest BCUT2D eigenvalue weighted by atomic mass is 35.5. The van der Waals surface area contributed by atoms with Crippen LogP contribution in [-0.2, 0) is 0 Å². The zero-order chi connectivity index (χ0) is 10.3. The van der Waals surface area contributed by atoms with E-state index < -0.39 is 0 Å². The summed E-state index contributed by atoms with van der Waals surface area (Å²) in [5.74, 6) is 0. The largest absolute Gasteiger partial charge is 0.254 e. The van der Waals surface area contributed by atoms with Crippen LogP contribution >= 0.6 is 11.6 Å². The quantitative estimate of drug-likeness (QED) is 0.428. The number of pyridine rings is 1. The van der Waals surface area contributed by atoms with Crippen molar-refractivity contribution in [1.82, 2.24) is 15.0 Å². The summed E-state index contributed by atoms with van der Waals surface area (Å²) in [6.45, 7) is 0. The maximum Gasteiger partial charge on any atom is 0.140 e. The third-order valence-corrected chi connectivity index (χ3v) is 2.63. The molecule has 0 aliphatic heterocycles. The van der Waals surface area contributed by atoms with Gasteiger partial charge in [-0.05, 0) is 12.1 Å². The highest BCUT2D eigenvalue weighted by Crippen LogP contribution is 2.25. The molecule has 0 aliphatic carbocycles. The van der Waals surface area contributed by atoms with E-state index in [-0.39, 0.29) is 0 Å². The molecule has 0 unspecified atom stereocenters. The Kier molecular flexibility index (Phi) is 1.79. The van der Waals surface area contributed by atoms with E-state index in [9.17, 15) is 0 Å². The second kappa shape index (κ2) is 3.14. The number of hydrogen-bond donors (Lipinski definition) is 0. The number of nitrogens with zero attached hydrogens (tertiary/aromatic N) is 3. The van der Waals surface area contributed by atoms with Gasteiger partial charge in [-0.1, -0.05) is 23.7 Å². The average molecular weight is 216 g/mol. The fourth-order valence-corrected chi connectivity index (χ4v) is 1.83. The molecule has 2 heterocycles. The third kappa shape index (κ3) is 1.24. The Labute approximate surface area is 90.8 Å². The summed E-state index contributed by atoms with van der Waals surface area (Å²) >= 11 is 5.98. The third-order valence-electron chi connectivity index (χ3n) is 2.33. The molecule has 0 aliphatic rings. The topological polar surface area (TPSA) is 38.7 Å². The number of halogens is 1. The number of aromatic nitrogens is 3. The summed E-state index contributed by atoms with van der Waals surface area (Å²) in [7, 11) is 0. The minimum atomic E-state index is 0.465. The van der Waals surface area contributed by atoms with Crippen molar-refractivity contribution in [3.05, 3.63) is 41.9 Å². The van der Waals surface area contributed by atoms with E-state index in [2.05, 4.69) is 15.0 Å². The molecule has 0 saturated heterocycles. The molecule has 15 heavy (non-hydrogen) atoms. The lowest BCUT2D eigenvalue weighted by molar-refractivity contribution is 1.22. The van der Waals surface area contributed by atoms with Crippen molar-refractivity contribution in [2.75, 3.05) is 0 Å². The molecular weight excluding hydrogens is 210 g/mol. The molecule has 0 radical (unpaired) electrons. The van der Waals surface area contributed by atoms with Crippen LogP contribution in [0.25, 0.3) is 21.8 Å². The molecule has 0 N–H and O–H groups in total. The molecule has 3 aromatic rings. The first kappa shape index (κ1) is 8.56. The van der Waals surface area contributed by atoms with Gasteiger partial charge in [0.15, 0.2) is 0 Å². The molecule has 1 aromatic carbocycles. The van der Waals surface area contributed by atoms with E-state index in [1.165, 1.54) is 6.33 Å². The highest BCUT2D eigenvalue weighted by molar-refractivity contribution is 6.34. The summed E-state index contributed by atoms with van der Waals surface area (Å²) in [6, 6.07) is 7.79. The van der Waals surface area contributed by atoms with E-state index in [0.29, 0.717) is 5.15 Å². The summed E-state index contributed by atoms with van der Waals surface area (Å²) in [5, 5.41) is 2.36. The number of rotatable bonds is 0. The lowest BCUT2D eigenvalue weighted by atomic mass is 10.1. The van der Waals surface area contributed by atoms with Gasteiger partial charge in [0, 0.05) is 17.0 Å². The zero-order valence-electron chi connectivity index (χ0n) is 7.68. The highest BCUT2D eigenvalue weighted by Gasteiger charge is 2.05. The SMILES string of the molecule is Clc1ncnc2c1ccc1cccnc12. The van der Waals surface area contributed by atoms with Gasteiger partial charge >= 0.3 is 0 Å². The molecule has 0 amide bonds. The molecule has 4 heteroatoms. The lowest BCUT2D eigenvalue weighted by Gasteiger charge is -2.01. The molecule has 72 valence electrons. The van der Waals surface area contributed by atoms with Crippen molar-refractivity contribution in [2.24, 2.45) is 0 Å². The Morgan fingerprint density at radius 1 is 0.933 bits per heavy atom. The van der Waals surface area contributed by atoms with Gasteiger partial charge in [-0.25, -0.2) is 9.97 Å². The van der Waals surface area contributed by atoms with Gasteiger partial charge in [-0.2, -0.15) is 0 Å². The van der Waals surface area contributed by atoms with E-state index in [0.717, 1.165) is 21.8 Å². The molecule has 0 atom stereocenters. The van der Waals surface area contributed by atoms with Gasteiger partial charge in [-0.15, -0.1) is 0 Å². The molecule has 2 aromatic heterocycles. The summed E-state index contributed by atoms with van der Waals surface area (Å²) < 4.78 is 0. The molecule has 3 rings (SSSR count). The standard InChI is InChI=1S/C11H6ClN3/c12-11-8-4-3-7-2-1-5-13-9(7)10(8)14-6-15-11/h1-6H. The van der Waals surface area contributed by atoms with Gasteiger partial charge in [0.05, 0.1) is 5.52 Å². The number of fused-ring (bicyclic) bond motifs is 3. The van der Waals surface area contributed by atoms with Crippen molar-refractivity contribution >= 4 is 33.4 Å². The monoisotopic (exact) mass is 215 g/mol. The van der Waals surface area contributed by atoms with Gasteiger partial charge < -0.3 is 0 Å². The van der Waals surface area contributed by atoms with Crippen LogP contribution in [-0.4, -0.2) is 15.0 Å². The Hall–Kier alpha value is -1.74. The maximum atomic E-state index is 5.98. The van der Waals surface area contributed by atoms with Gasteiger partial charge in [0.1, 0.15) is 17.0 Å². The molecular formula is C11H6ClN3. The van der Waals surface area contributed by atoms with E-state index in [1.54, 1.807) is 6.20 Å². The van der Waals surface area contributed by atoms with Crippen LogP contribution in [0.2, 0.25) is 5.15 Å². The minimum absolute atomic E-state index is 0.465. The van der Waals surface area contributed by atoms with E-state index in [1.807, 2.05) is 24.3 Å². The van der Waals surface area contributed by atoms with Crippen LogP contribution in [0.15, 0.2) is 36.8 Å². The minimum Gasteiger partial charge on any atom is -0.254 e. The molecule has 0 saturated carbocycles. The van der Waals surface area contributed by atoms with Gasteiger partial charge in [0.2, 0.25) is 0 Å². The first-order chi connectivity index (χ1) is 7.36. The van der Waals surface area contributed by atoms with Crippen molar-refractivity contribution in [2.45, 2.75) is 0 Å². The Bertz CT molecular complexity index is 651. The predicted octanol–water partition coefficient (Wildman–Crippen LogP) is 2.83. The molecule has 0 spiro atoms. The maximum absolute atomic E-state index is 5.98. The number of benzene rings is 1. The van der Waals surface area contributed by atoms with Crippen molar-refractivity contribution in [1.29, 1.82) is 0 Å². The molecule has 3 nitrogen and oxygen atoms in total. The summed E-state index contributed by atoms with van der Waals surface area (Å²) in [4.78, 5) is 12.5. The zero-order valence-corrected chi connectivity index (χ0v) is 8.44. The van der Waals surface area contributed by atoms with Crippen molar-refractivity contribution in [3.8, 4) is 0 Å². The molecule has 0 bridgehead atoms. The Morgan fingerprint density at radius 3 is 2.80 bits per heavy atom. The Morgan fingerprint density at radius 2 is 1.87 bits per heavy atom. The summed E-state index contributed by atoms with van der Waals surface area (Å²) in [5.41, 5.74) is 1.66.